The summed E-state index contributed by atoms with van der Waals surface area (Å²) in [5.41, 5.74) is 2.21. The summed E-state index contributed by atoms with van der Waals surface area (Å²) in [5, 5.41) is 11.1. The Kier molecular flexibility index (Phi) is 5.14. The minimum Gasteiger partial charge on any atom is -0.465 e. The van der Waals surface area contributed by atoms with Crippen molar-refractivity contribution in [2.24, 2.45) is 0 Å². The van der Waals surface area contributed by atoms with Gasteiger partial charge >= 0.3 is 5.97 Å². The molecule has 0 N–H and O–H groups in total. The monoisotopic (exact) mass is 373 g/mol. The Balaban J connectivity index is 2.37. The molecule has 0 atom stereocenters. The zero-order valence-corrected chi connectivity index (χ0v) is 14.0. The number of carbonyl (C=O) groups excluding carboxylic acids is 1. The Morgan fingerprint density at radius 3 is 2.43 bits per heavy atom. The molecule has 0 spiro atoms. The van der Waals surface area contributed by atoms with Crippen molar-refractivity contribution in [3.05, 3.63) is 73.2 Å². The second-order valence-electron chi connectivity index (χ2n) is 4.69. The van der Waals surface area contributed by atoms with Crippen molar-refractivity contribution in [1.29, 1.82) is 0 Å². The number of benzene rings is 2. The minimum atomic E-state index is -0.464. The van der Waals surface area contributed by atoms with E-state index in [1.165, 1.54) is 13.2 Å². The summed E-state index contributed by atoms with van der Waals surface area (Å²) >= 11 is 3.28. The molecule has 2 rings (SSSR count). The van der Waals surface area contributed by atoms with Crippen LogP contribution < -0.4 is 0 Å². The van der Waals surface area contributed by atoms with Crippen molar-refractivity contribution in [3.63, 3.8) is 0 Å². The first kappa shape index (κ1) is 16.7. The van der Waals surface area contributed by atoms with Crippen LogP contribution in [0, 0.1) is 28.9 Å². The molecule has 0 aliphatic rings. The Hall–Kier alpha value is -2.65. The van der Waals surface area contributed by atoms with Gasteiger partial charge in [-0.2, -0.15) is 0 Å². The molecule has 0 aromatic heterocycles. The Bertz CT molecular complexity index is 832. The van der Waals surface area contributed by atoms with Gasteiger partial charge in [0.05, 0.1) is 17.6 Å². The van der Waals surface area contributed by atoms with Gasteiger partial charge in [0.2, 0.25) is 0 Å². The van der Waals surface area contributed by atoms with Crippen LogP contribution in [0.1, 0.15) is 27.0 Å². The maximum absolute atomic E-state index is 11.4. The molecule has 2 aromatic carbocycles. The first-order valence-electron chi connectivity index (χ1n) is 6.57. The number of hydrogen-bond acceptors (Lipinski definition) is 4. The van der Waals surface area contributed by atoms with E-state index in [4.69, 9.17) is 0 Å². The van der Waals surface area contributed by atoms with Crippen LogP contribution in [0.2, 0.25) is 0 Å². The molecule has 5 nitrogen and oxygen atoms in total. The lowest BCUT2D eigenvalue weighted by Gasteiger charge is -2.01. The highest BCUT2D eigenvalue weighted by Gasteiger charge is 2.14. The van der Waals surface area contributed by atoms with E-state index in [0.717, 1.165) is 5.56 Å². The number of nitro groups is 1. The van der Waals surface area contributed by atoms with Crippen LogP contribution in [0.15, 0.2) is 40.9 Å². The zero-order chi connectivity index (χ0) is 17.0. The predicted molar refractivity (Wildman–Crippen MR) is 89.3 cm³/mol. The van der Waals surface area contributed by atoms with Crippen LogP contribution in [0.5, 0.6) is 0 Å². The second kappa shape index (κ2) is 7.07. The molecule has 0 heterocycles. The third kappa shape index (κ3) is 3.96. The molecule has 0 amide bonds. The zero-order valence-electron chi connectivity index (χ0n) is 12.4. The first-order valence-corrected chi connectivity index (χ1v) is 7.36. The summed E-state index contributed by atoms with van der Waals surface area (Å²) in [6.45, 7) is 1.84. The van der Waals surface area contributed by atoms with Crippen molar-refractivity contribution in [1.82, 2.24) is 0 Å². The number of rotatable bonds is 2. The van der Waals surface area contributed by atoms with Gasteiger partial charge in [0, 0.05) is 16.1 Å². The smallest absolute Gasteiger partial charge is 0.337 e. The number of esters is 1. The fourth-order valence-corrected chi connectivity index (χ4v) is 2.20. The van der Waals surface area contributed by atoms with Gasteiger partial charge in [0.25, 0.3) is 5.69 Å². The average molecular weight is 374 g/mol. The highest BCUT2D eigenvalue weighted by molar-refractivity contribution is 9.10. The van der Waals surface area contributed by atoms with Crippen LogP contribution in [-0.2, 0) is 4.74 Å². The molecule has 0 unspecified atom stereocenters. The molecule has 6 heteroatoms. The maximum atomic E-state index is 11.4. The number of nitrogens with zero attached hydrogens (tertiary/aromatic N) is 1. The van der Waals surface area contributed by atoms with Crippen LogP contribution in [0.3, 0.4) is 0 Å². The lowest BCUT2D eigenvalue weighted by Crippen LogP contribution is -2.00. The van der Waals surface area contributed by atoms with E-state index in [0.29, 0.717) is 21.2 Å². The fourth-order valence-electron chi connectivity index (χ4n) is 1.87. The molecule has 116 valence electrons. The molecule has 23 heavy (non-hydrogen) atoms. The Labute approximate surface area is 141 Å². The number of halogens is 1. The van der Waals surface area contributed by atoms with Crippen molar-refractivity contribution in [2.75, 3.05) is 7.11 Å². The van der Waals surface area contributed by atoms with Gasteiger partial charge < -0.3 is 4.74 Å². The summed E-state index contributed by atoms with van der Waals surface area (Å²) in [6, 6.07) is 9.62. The molecule has 0 fully saturated rings. The first-order chi connectivity index (χ1) is 10.9. The summed E-state index contributed by atoms with van der Waals surface area (Å²) in [5.74, 6) is 5.25. The molecule has 0 aliphatic carbocycles. The summed E-state index contributed by atoms with van der Waals surface area (Å²) in [7, 11) is 1.31. The molecule has 0 saturated heterocycles. The molecule has 2 aromatic rings. The predicted octanol–water partition coefficient (Wildman–Crippen LogP) is 3.85. The highest BCUT2D eigenvalue weighted by Crippen LogP contribution is 2.26. The fraction of sp³-hybridized carbons (Fsp3) is 0.118. The van der Waals surface area contributed by atoms with Crippen LogP contribution in [-0.4, -0.2) is 18.0 Å². The van der Waals surface area contributed by atoms with Crippen molar-refractivity contribution >= 4 is 27.6 Å². The van der Waals surface area contributed by atoms with E-state index in [1.54, 1.807) is 30.3 Å². The summed E-state index contributed by atoms with van der Waals surface area (Å²) in [6.07, 6.45) is 0. The molecule has 0 bridgehead atoms. The summed E-state index contributed by atoms with van der Waals surface area (Å²) < 4.78 is 5.28. The van der Waals surface area contributed by atoms with E-state index >= 15 is 0 Å². The lowest BCUT2D eigenvalue weighted by molar-refractivity contribution is -0.385. The van der Waals surface area contributed by atoms with Gasteiger partial charge in [-0.3, -0.25) is 10.1 Å². The van der Waals surface area contributed by atoms with Gasteiger partial charge in [-0.05, 0) is 42.8 Å². The number of ether oxygens (including phenoxy) is 1. The highest BCUT2D eigenvalue weighted by atomic mass is 79.9. The molecule has 0 saturated carbocycles. The Morgan fingerprint density at radius 2 is 1.87 bits per heavy atom. The third-order valence-electron chi connectivity index (χ3n) is 3.12. The quantitative estimate of drug-likeness (QED) is 0.347. The van der Waals surface area contributed by atoms with E-state index in [1.807, 2.05) is 6.92 Å². The van der Waals surface area contributed by atoms with Crippen LogP contribution in [0.4, 0.5) is 5.69 Å². The van der Waals surface area contributed by atoms with Gasteiger partial charge in [-0.15, -0.1) is 0 Å². The maximum Gasteiger partial charge on any atom is 0.337 e. The van der Waals surface area contributed by atoms with Gasteiger partial charge in [-0.25, -0.2) is 4.79 Å². The third-order valence-corrected chi connectivity index (χ3v) is 3.98. The minimum absolute atomic E-state index is 0.0545. The van der Waals surface area contributed by atoms with Gasteiger partial charge in [-0.1, -0.05) is 27.8 Å². The van der Waals surface area contributed by atoms with E-state index < -0.39 is 10.9 Å². The van der Waals surface area contributed by atoms with Gasteiger partial charge in [0.15, 0.2) is 0 Å². The average Bonchev–Trinajstić information content (AvgIpc) is 2.55. The largest absolute Gasteiger partial charge is 0.465 e. The number of carbonyl (C=O) groups is 1. The number of aryl methyl sites for hydroxylation is 1. The van der Waals surface area contributed by atoms with E-state index in [9.17, 15) is 14.9 Å². The van der Waals surface area contributed by atoms with Gasteiger partial charge in [0.1, 0.15) is 5.56 Å². The number of hydrogen-bond donors (Lipinski definition) is 0. The topological polar surface area (TPSA) is 69.4 Å². The van der Waals surface area contributed by atoms with Crippen molar-refractivity contribution in [3.8, 4) is 11.8 Å². The molecular formula is C17H12BrNO4. The number of methoxy groups -OCH3 is 1. The van der Waals surface area contributed by atoms with E-state index in [-0.39, 0.29) is 5.69 Å². The Morgan fingerprint density at radius 1 is 1.22 bits per heavy atom. The SMILES string of the molecule is COC(=O)c1ccc(C#Cc2cc(C)c(Br)cc2[N+](=O)[O-])cc1. The number of nitro benzene ring substituents is 1. The molecule has 0 aliphatic heterocycles. The standard InChI is InChI=1S/C17H12BrNO4/c1-11-9-14(16(19(21)22)10-15(11)18)8-5-12-3-6-13(7-4-12)17(20)23-2/h3-4,6-7,9-10H,1-2H3. The van der Waals surface area contributed by atoms with Crippen LogP contribution >= 0.6 is 15.9 Å². The van der Waals surface area contributed by atoms with E-state index in [2.05, 4.69) is 32.5 Å². The molecule has 0 radical (unpaired) electrons. The van der Waals surface area contributed by atoms with Crippen molar-refractivity contribution < 1.29 is 14.5 Å². The molecular weight excluding hydrogens is 362 g/mol. The normalized spacial score (nSPS) is 9.70. The van der Waals surface area contributed by atoms with Crippen molar-refractivity contribution in [2.45, 2.75) is 6.92 Å². The summed E-state index contributed by atoms with van der Waals surface area (Å²) in [4.78, 5) is 22.0. The second-order valence-corrected chi connectivity index (χ2v) is 5.55. The van der Waals surface area contributed by atoms with Crippen LogP contribution in [0.25, 0.3) is 0 Å². The lowest BCUT2D eigenvalue weighted by atomic mass is 10.1.